The molecule has 0 spiro atoms. The topological polar surface area (TPSA) is 94.3 Å². The Kier molecular flexibility index (Phi) is 4.85. The Bertz CT molecular complexity index is 1190. The van der Waals surface area contributed by atoms with E-state index in [0.29, 0.717) is 16.5 Å². The van der Waals surface area contributed by atoms with E-state index in [4.69, 9.17) is 0 Å². The number of rotatable bonds is 4. The van der Waals surface area contributed by atoms with Crippen LogP contribution in [-0.2, 0) is 6.18 Å². The summed E-state index contributed by atoms with van der Waals surface area (Å²) >= 11 is 0. The summed E-state index contributed by atoms with van der Waals surface area (Å²) in [5, 5.41) is 14.0. The highest BCUT2D eigenvalue weighted by molar-refractivity contribution is 5.97. The van der Waals surface area contributed by atoms with Crippen LogP contribution in [0, 0.1) is 0 Å². The monoisotopic (exact) mass is 427 g/mol. The second kappa shape index (κ2) is 7.69. The van der Waals surface area contributed by atoms with Gasteiger partial charge in [0, 0.05) is 53.2 Å². The van der Waals surface area contributed by atoms with E-state index in [1.165, 1.54) is 0 Å². The predicted molar refractivity (Wildman–Crippen MR) is 111 cm³/mol. The van der Waals surface area contributed by atoms with Gasteiger partial charge in [0.05, 0.1) is 11.4 Å². The lowest BCUT2D eigenvalue weighted by molar-refractivity contribution is -0.137. The van der Waals surface area contributed by atoms with E-state index >= 15 is 0 Å². The quantitative estimate of drug-likeness (QED) is 0.392. The van der Waals surface area contributed by atoms with E-state index in [9.17, 15) is 13.2 Å². The lowest BCUT2D eigenvalue weighted by atomic mass is 10.0. The van der Waals surface area contributed by atoms with Crippen molar-refractivity contribution in [1.29, 1.82) is 0 Å². The molecular formula is C21H20F3N7. The fraction of sp³-hybridized carbons (Fsp3) is 0.286. The molecule has 4 N–H and O–H groups in total. The molecular weight excluding hydrogens is 407 g/mol. The van der Waals surface area contributed by atoms with Gasteiger partial charge in [0.1, 0.15) is 5.56 Å². The first-order valence-corrected chi connectivity index (χ1v) is 10.0. The van der Waals surface area contributed by atoms with Crippen molar-refractivity contribution >= 4 is 16.9 Å². The number of anilines is 1. The highest BCUT2D eigenvalue weighted by Crippen LogP contribution is 2.39. The summed E-state index contributed by atoms with van der Waals surface area (Å²) in [7, 11) is 0. The second-order valence-electron chi connectivity index (χ2n) is 7.56. The van der Waals surface area contributed by atoms with Gasteiger partial charge in [-0.2, -0.15) is 18.3 Å². The van der Waals surface area contributed by atoms with Gasteiger partial charge in [0.25, 0.3) is 0 Å². The minimum Gasteiger partial charge on any atom is -0.360 e. The van der Waals surface area contributed by atoms with Crippen LogP contribution in [-0.4, -0.2) is 44.3 Å². The number of piperidine rings is 1. The summed E-state index contributed by atoms with van der Waals surface area (Å²) in [5.41, 5.74) is 1.68. The summed E-state index contributed by atoms with van der Waals surface area (Å²) in [4.78, 5) is 11.3. The van der Waals surface area contributed by atoms with Crippen LogP contribution >= 0.6 is 0 Å². The molecule has 7 nitrogen and oxygen atoms in total. The first-order chi connectivity index (χ1) is 15.0. The number of hydrogen-bond acceptors (Lipinski definition) is 5. The van der Waals surface area contributed by atoms with Crippen molar-refractivity contribution in [3.63, 3.8) is 0 Å². The van der Waals surface area contributed by atoms with Gasteiger partial charge in [-0.15, -0.1) is 0 Å². The molecule has 4 heterocycles. The number of aromatic nitrogens is 5. The van der Waals surface area contributed by atoms with Crippen molar-refractivity contribution in [2.45, 2.75) is 25.1 Å². The van der Waals surface area contributed by atoms with Crippen molar-refractivity contribution in [1.82, 2.24) is 30.5 Å². The molecule has 5 rings (SSSR count). The van der Waals surface area contributed by atoms with Crippen LogP contribution in [0.1, 0.15) is 18.4 Å². The summed E-state index contributed by atoms with van der Waals surface area (Å²) < 4.78 is 41.2. The Labute approximate surface area is 175 Å². The van der Waals surface area contributed by atoms with Crippen LogP contribution < -0.4 is 10.6 Å². The van der Waals surface area contributed by atoms with E-state index in [0.717, 1.165) is 43.4 Å². The van der Waals surface area contributed by atoms with Gasteiger partial charge in [-0.05, 0) is 31.5 Å². The number of benzene rings is 1. The molecule has 1 aliphatic rings. The van der Waals surface area contributed by atoms with Crippen LogP contribution in [0.15, 0.2) is 42.9 Å². The van der Waals surface area contributed by atoms with Crippen LogP contribution in [0.3, 0.4) is 0 Å². The third-order valence-corrected chi connectivity index (χ3v) is 5.46. The molecule has 3 aromatic heterocycles. The number of halogens is 3. The van der Waals surface area contributed by atoms with Crippen molar-refractivity contribution in [2.24, 2.45) is 0 Å². The number of hydrogen-bond donors (Lipinski definition) is 4. The van der Waals surface area contributed by atoms with E-state index in [1.807, 2.05) is 18.2 Å². The van der Waals surface area contributed by atoms with Gasteiger partial charge in [-0.3, -0.25) is 5.10 Å². The normalized spacial score (nSPS) is 17.2. The van der Waals surface area contributed by atoms with Crippen molar-refractivity contribution in [2.75, 3.05) is 18.4 Å². The number of aromatic amines is 2. The average Bonchev–Trinajstić information content (AvgIpc) is 3.43. The Balaban J connectivity index is 1.57. The number of nitrogens with zero attached hydrogens (tertiary/aromatic N) is 3. The molecule has 0 amide bonds. The van der Waals surface area contributed by atoms with Gasteiger partial charge in [-0.1, -0.05) is 12.1 Å². The van der Waals surface area contributed by atoms with Gasteiger partial charge in [0.15, 0.2) is 0 Å². The summed E-state index contributed by atoms with van der Waals surface area (Å²) in [6.45, 7) is 1.66. The Morgan fingerprint density at radius 3 is 2.81 bits per heavy atom. The van der Waals surface area contributed by atoms with E-state index in [1.54, 1.807) is 18.5 Å². The van der Waals surface area contributed by atoms with Crippen LogP contribution in [0.5, 0.6) is 0 Å². The average molecular weight is 427 g/mol. The molecule has 160 valence electrons. The van der Waals surface area contributed by atoms with Crippen molar-refractivity contribution in [3.8, 4) is 22.5 Å². The Hall–Kier alpha value is -3.40. The van der Waals surface area contributed by atoms with Gasteiger partial charge < -0.3 is 15.6 Å². The molecule has 0 unspecified atom stereocenters. The molecule has 0 saturated carbocycles. The molecule has 1 saturated heterocycles. The first-order valence-electron chi connectivity index (χ1n) is 10.0. The highest BCUT2D eigenvalue weighted by Gasteiger charge is 2.36. The van der Waals surface area contributed by atoms with E-state index in [-0.39, 0.29) is 17.7 Å². The third kappa shape index (κ3) is 3.86. The molecule has 10 heteroatoms. The Morgan fingerprint density at radius 2 is 2.06 bits per heavy atom. The number of fused-ring (bicyclic) bond motifs is 1. The molecule has 0 bridgehead atoms. The van der Waals surface area contributed by atoms with Crippen LogP contribution in [0.4, 0.5) is 19.1 Å². The third-order valence-electron chi connectivity index (χ3n) is 5.46. The number of alkyl halides is 3. The number of nitrogens with one attached hydrogen (secondary N) is 4. The Morgan fingerprint density at radius 1 is 1.16 bits per heavy atom. The molecule has 0 radical (unpaired) electrons. The fourth-order valence-electron chi connectivity index (χ4n) is 3.92. The minimum atomic E-state index is -4.57. The maximum atomic E-state index is 13.7. The predicted octanol–water partition coefficient (Wildman–Crippen LogP) is 4.20. The van der Waals surface area contributed by atoms with Crippen molar-refractivity contribution in [3.05, 3.63) is 48.4 Å². The van der Waals surface area contributed by atoms with E-state index < -0.39 is 11.7 Å². The van der Waals surface area contributed by atoms with E-state index in [2.05, 4.69) is 35.8 Å². The zero-order valence-electron chi connectivity index (χ0n) is 16.4. The van der Waals surface area contributed by atoms with Gasteiger partial charge >= 0.3 is 6.18 Å². The zero-order chi connectivity index (χ0) is 21.4. The smallest absolute Gasteiger partial charge is 0.360 e. The molecule has 4 aromatic rings. The molecule has 0 aliphatic carbocycles. The fourth-order valence-corrected chi connectivity index (χ4v) is 3.92. The molecule has 1 aromatic carbocycles. The minimum absolute atomic E-state index is 0.0812. The molecule has 1 aliphatic heterocycles. The van der Waals surface area contributed by atoms with Crippen LogP contribution in [0.25, 0.3) is 33.4 Å². The molecule has 1 atom stereocenters. The molecule has 31 heavy (non-hydrogen) atoms. The second-order valence-corrected chi connectivity index (χ2v) is 7.56. The summed E-state index contributed by atoms with van der Waals surface area (Å²) in [6.07, 6.45) is 1.47. The lowest BCUT2D eigenvalue weighted by Gasteiger charge is -2.24. The summed E-state index contributed by atoms with van der Waals surface area (Å²) in [6, 6.07) is 7.38. The largest absolute Gasteiger partial charge is 0.419 e. The SMILES string of the molecule is FC(F)(F)c1cnc(N[C@H]2CCCNC2)nc1-c1c[nH]c2cc(-c3cc[nH]n3)ccc12. The van der Waals surface area contributed by atoms with Crippen molar-refractivity contribution < 1.29 is 13.2 Å². The number of H-pyrrole nitrogens is 2. The van der Waals surface area contributed by atoms with Gasteiger partial charge in [-0.25, -0.2) is 9.97 Å². The first kappa shape index (κ1) is 19.6. The maximum Gasteiger partial charge on any atom is 0.419 e. The van der Waals surface area contributed by atoms with Gasteiger partial charge in [0.2, 0.25) is 5.95 Å². The standard InChI is InChI=1S/C21H20F3N7/c22-21(23,24)16-11-27-20(29-13-2-1-6-25-9-13)30-19(16)15-10-26-18-8-12(3-4-14(15)18)17-5-7-28-31-17/h3-5,7-8,10-11,13,25-26H,1-2,6,9H2,(H,28,31)(H,27,29,30)/t13-/m0/s1. The molecule has 1 fully saturated rings. The maximum absolute atomic E-state index is 13.7. The highest BCUT2D eigenvalue weighted by atomic mass is 19.4. The zero-order valence-corrected chi connectivity index (χ0v) is 16.4. The lowest BCUT2D eigenvalue weighted by Crippen LogP contribution is -2.38. The van der Waals surface area contributed by atoms with Crippen LogP contribution in [0.2, 0.25) is 0 Å². The summed E-state index contributed by atoms with van der Waals surface area (Å²) in [5.74, 6) is 0.194.